The number of benzene rings is 4. The molecule has 0 saturated heterocycles. The largest absolute Gasteiger partial charge is 0.530 e. The molecule has 1 aliphatic heterocycles. The molecular weight excluding hydrogens is 804 g/mol. The zero-order valence-corrected chi connectivity index (χ0v) is 45.9. The molecule has 0 aliphatic carbocycles. The van der Waals surface area contributed by atoms with E-state index in [1.54, 1.807) is 0 Å². The summed E-state index contributed by atoms with van der Waals surface area (Å²) in [6.07, 6.45) is 0.867. The molecule has 0 atom stereocenters. The Bertz CT molecular complexity index is 2290. The third kappa shape index (κ3) is 10.7. The van der Waals surface area contributed by atoms with Crippen LogP contribution in [0.2, 0.25) is 0 Å². The molecule has 5 heteroatoms. The van der Waals surface area contributed by atoms with Crippen LogP contribution in [-0.4, -0.2) is 5.11 Å². The number of phenols is 1. The van der Waals surface area contributed by atoms with Crippen LogP contribution in [0.25, 0.3) is 11.1 Å². The van der Waals surface area contributed by atoms with Crippen LogP contribution in [0.15, 0.2) is 48.5 Å². The number of hydrogen-bond acceptors (Lipinski definition) is 4. The Morgan fingerprint density at radius 3 is 1.06 bits per heavy atom. The minimum Gasteiger partial charge on any atom is -0.507 e. The van der Waals surface area contributed by atoms with Gasteiger partial charge in [-0.2, -0.15) is 0 Å². The van der Waals surface area contributed by atoms with E-state index in [9.17, 15) is 5.11 Å². The van der Waals surface area contributed by atoms with Gasteiger partial charge in [0.15, 0.2) is 0 Å². The fourth-order valence-electron chi connectivity index (χ4n) is 8.65. The second-order valence-corrected chi connectivity index (χ2v) is 28.2. The molecule has 0 aromatic heterocycles. The lowest BCUT2D eigenvalue weighted by molar-refractivity contribution is 0.361. The maximum Gasteiger partial charge on any atom is 0.530 e. The lowest BCUT2D eigenvalue weighted by Crippen LogP contribution is -2.24. The van der Waals surface area contributed by atoms with Crippen LogP contribution in [0.1, 0.15) is 241 Å². The summed E-state index contributed by atoms with van der Waals surface area (Å²) >= 11 is 0. The summed E-state index contributed by atoms with van der Waals surface area (Å²) in [5.41, 5.74) is 11.3. The lowest BCUT2D eigenvalue weighted by Gasteiger charge is -2.37. The van der Waals surface area contributed by atoms with E-state index in [1.165, 1.54) is 27.8 Å². The van der Waals surface area contributed by atoms with E-state index in [4.69, 9.17) is 13.6 Å². The van der Waals surface area contributed by atoms with Crippen molar-refractivity contribution in [2.24, 2.45) is 0 Å². The van der Waals surface area contributed by atoms with Gasteiger partial charge in [0.2, 0.25) is 0 Å². The highest BCUT2D eigenvalue weighted by molar-refractivity contribution is 7.43. The van der Waals surface area contributed by atoms with Gasteiger partial charge < -0.3 is 18.7 Å². The monoisotopic (exact) mass is 891 g/mol. The highest BCUT2D eigenvalue weighted by Crippen LogP contribution is 2.59. The molecule has 4 nitrogen and oxygen atoms in total. The minimum atomic E-state index is -2.15. The second kappa shape index (κ2) is 16.7. The van der Waals surface area contributed by atoms with Crippen molar-refractivity contribution in [3.05, 3.63) is 104 Å². The first-order valence-corrected chi connectivity index (χ1v) is 25.0. The normalized spacial score (nSPS) is 16.9. The Balaban J connectivity index is 2.01. The Morgan fingerprint density at radius 1 is 0.422 bits per heavy atom. The number of hydrogen-bond donors (Lipinski definition) is 1. The smallest absolute Gasteiger partial charge is 0.507 e. The Kier molecular flexibility index (Phi) is 13.4. The molecule has 0 amide bonds. The van der Waals surface area contributed by atoms with Crippen molar-refractivity contribution in [3.63, 3.8) is 0 Å². The second-order valence-electron chi connectivity index (χ2n) is 27.2. The molecule has 0 radical (unpaired) electrons. The predicted molar refractivity (Wildman–Crippen MR) is 277 cm³/mol. The maximum absolute atomic E-state index is 12.6. The van der Waals surface area contributed by atoms with E-state index in [-0.39, 0.29) is 55.0 Å². The molecule has 0 saturated carbocycles. The van der Waals surface area contributed by atoms with Crippen LogP contribution < -0.4 is 13.6 Å². The van der Waals surface area contributed by atoms with E-state index in [1.807, 2.05) is 0 Å². The van der Waals surface area contributed by atoms with Crippen molar-refractivity contribution in [2.45, 2.75) is 229 Å². The molecule has 352 valence electrons. The van der Waals surface area contributed by atoms with Crippen molar-refractivity contribution in [1.29, 1.82) is 0 Å². The summed E-state index contributed by atoms with van der Waals surface area (Å²) in [6.45, 7) is 56.6. The summed E-state index contributed by atoms with van der Waals surface area (Å²) in [4.78, 5) is 0. The van der Waals surface area contributed by atoms with Gasteiger partial charge in [-0.25, -0.2) is 0 Å². The number of fused-ring (bicyclic) bond motifs is 2. The van der Waals surface area contributed by atoms with Gasteiger partial charge in [-0.3, -0.25) is 0 Å². The highest BCUT2D eigenvalue weighted by Gasteiger charge is 2.41. The van der Waals surface area contributed by atoms with Gasteiger partial charge in [0.05, 0.1) is 0 Å². The quantitative estimate of drug-likeness (QED) is 0.207. The highest BCUT2D eigenvalue weighted by atomic mass is 31.2. The average Bonchev–Trinajstić information content (AvgIpc) is 3.08. The van der Waals surface area contributed by atoms with E-state index < -0.39 is 8.60 Å². The maximum atomic E-state index is 12.6. The molecule has 64 heavy (non-hydrogen) atoms. The molecule has 1 heterocycles. The van der Waals surface area contributed by atoms with Gasteiger partial charge in [-0.15, -0.1) is 0 Å². The van der Waals surface area contributed by atoms with Crippen LogP contribution in [0.3, 0.4) is 0 Å². The van der Waals surface area contributed by atoms with Crippen LogP contribution in [-0.2, 0) is 43.3 Å². The Hall–Kier alpha value is -3.49. The number of aromatic hydroxyl groups is 1. The summed E-state index contributed by atoms with van der Waals surface area (Å²) < 4.78 is 22.7. The first-order valence-electron chi connectivity index (χ1n) is 23.9. The third-order valence-electron chi connectivity index (χ3n) is 13.1. The number of phenolic OH excluding ortho intramolecular Hbond substituents is 1. The molecule has 0 bridgehead atoms. The van der Waals surface area contributed by atoms with Crippen LogP contribution in [0, 0.1) is 0 Å². The Morgan fingerprint density at radius 2 is 0.734 bits per heavy atom. The molecule has 4 aromatic carbocycles. The van der Waals surface area contributed by atoms with Crippen molar-refractivity contribution < 1.29 is 18.7 Å². The van der Waals surface area contributed by atoms with E-state index in [0.717, 1.165) is 56.9 Å². The summed E-state index contributed by atoms with van der Waals surface area (Å²) in [5, 5.41) is 12.6. The summed E-state index contributed by atoms with van der Waals surface area (Å²) in [6, 6.07) is 18.5. The van der Waals surface area contributed by atoms with Gasteiger partial charge in [0.1, 0.15) is 23.0 Å². The molecule has 1 aliphatic rings. The summed E-state index contributed by atoms with van der Waals surface area (Å²) in [7, 11) is -2.15. The zero-order valence-electron chi connectivity index (χ0n) is 45.0. The van der Waals surface area contributed by atoms with Gasteiger partial charge >= 0.3 is 8.60 Å². The number of rotatable bonds is 4. The molecular formula is C59H87O4P. The fraction of sp³-hybridized carbons (Fsp3) is 0.593. The van der Waals surface area contributed by atoms with Gasteiger partial charge in [0.25, 0.3) is 0 Å². The van der Waals surface area contributed by atoms with Gasteiger partial charge in [-0.05, 0) is 84.1 Å². The van der Waals surface area contributed by atoms with Crippen molar-refractivity contribution in [3.8, 4) is 34.1 Å². The van der Waals surface area contributed by atoms with Crippen molar-refractivity contribution >= 4 is 8.60 Å². The first-order chi connectivity index (χ1) is 28.7. The van der Waals surface area contributed by atoms with E-state index in [2.05, 4.69) is 222 Å². The third-order valence-corrected chi connectivity index (χ3v) is 14.1. The van der Waals surface area contributed by atoms with Crippen LogP contribution in [0.5, 0.6) is 23.0 Å². The van der Waals surface area contributed by atoms with Crippen molar-refractivity contribution in [1.82, 2.24) is 0 Å². The predicted octanol–water partition coefficient (Wildman–Crippen LogP) is 18.1. The van der Waals surface area contributed by atoms with E-state index >= 15 is 0 Å². The molecule has 4 aromatic rings. The van der Waals surface area contributed by atoms with E-state index in [0.29, 0.717) is 5.75 Å². The van der Waals surface area contributed by atoms with Crippen LogP contribution in [0.4, 0.5) is 0 Å². The SMILES string of the molecule is CCC1c2cc(C(C)(C)C)cc(C(C)(C)C)c2OP(Oc2c(-c3cc(C(C)(C)C)cc(C(C)(C)C)c3O)cc(C(C)(C)C)cc2C(C)(C)C)Oc2c1cc(C(C)(C)C)cc2C(C)(C)C. The molecule has 1 N–H and O–H groups in total. The topological polar surface area (TPSA) is 47.9 Å². The zero-order chi connectivity index (χ0) is 48.9. The Labute approximate surface area is 392 Å². The van der Waals surface area contributed by atoms with Gasteiger partial charge in [0, 0.05) is 50.4 Å². The van der Waals surface area contributed by atoms with Gasteiger partial charge in [-0.1, -0.05) is 209 Å². The van der Waals surface area contributed by atoms with Crippen molar-refractivity contribution in [2.75, 3.05) is 0 Å². The molecule has 5 rings (SSSR count). The average molecular weight is 891 g/mol. The molecule has 0 fully saturated rings. The minimum absolute atomic E-state index is 0.00798. The lowest BCUT2D eigenvalue weighted by atomic mass is 9.73. The standard InChI is InChI=1S/C59H87O4P/c1-26-39-41-28-36(53(5,6)7)32-45(57(17,18)19)49(41)61-64(62-50-42(39)29-37(54(8,9)10)33-46(50)58(20,21)22)63-51-43(30-38(55(11,12)13)34-47(51)59(23,24)25)40-27-35(52(2,3)4)31-44(48(40)60)56(14,15)16/h27-34,39,60H,26H2,1-25H3. The summed E-state index contributed by atoms with van der Waals surface area (Å²) in [5.74, 6) is 2.66. The first kappa shape index (κ1) is 51.5. The van der Waals surface area contributed by atoms with Crippen LogP contribution >= 0.6 is 8.60 Å². The molecule has 0 spiro atoms. The molecule has 0 unspecified atom stereocenters. The fourth-order valence-corrected chi connectivity index (χ4v) is 9.82.